The van der Waals surface area contributed by atoms with E-state index in [1.807, 2.05) is 7.05 Å². The second-order valence-electron chi connectivity index (χ2n) is 9.11. The molecule has 2 aliphatic heterocycles. The molecule has 1 unspecified atom stereocenters. The minimum Gasteiger partial charge on any atom is -0.320 e. The number of piperidine rings is 1. The van der Waals surface area contributed by atoms with Gasteiger partial charge in [-0.15, -0.1) is 0 Å². The van der Waals surface area contributed by atoms with Crippen LogP contribution in [0.5, 0.6) is 0 Å². The van der Waals surface area contributed by atoms with Gasteiger partial charge in [-0.2, -0.15) is 0 Å². The molecule has 0 bridgehead atoms. The molecule has 0 saturated carbocycles. The van der Waals surface area contributed by atoms with Crippen LogP contribution in [0.15, 0.2) is 42.5 Å². The lowest BCUT2D eigenvalue weighted by Crippen LogP contribution is -2.44. The summed E-state index contributed by atoms with van der Waals surface area (Å²) < 4.78 is 27.7. The van der Waals surface area contributed by atoms with Crippen molar-refractivity contribution in [2.45, 2.75) is 38.0 Å². The lowest BCUT2D eigenvalue weighted by atomic mass is 9.87. The Hall–Kier alpha value is -2.31. The molecule has 4 rings (SSSR count). The Morgan fingerprint density at radius 3 is 2.44 bits per heavy atom. The van der Waals surface area contributed by atoms with Crippen molar-refractivity contribution in [1.82, 2.24) is 10.2 Å². The minimum atomic E-state index is -0.341. The molecule has 2 aromatic carbocycles. The summed E-state index contributed by atoms with van der Waals surface area (Å²) in [5.41, 5.74) is 2.59. The van der Waals surface area contributed by atoms with E-state index in [-0.39, 0.29) is 23.5 Å². The fourth-order valence-electron chi connectivity index (χ4n) is 5.13. The summed E-state index contributed by atoms with van der Waals surface area (Å²) in [5, 5.41) is 3.22. The van der Waals surface area contributed by atoms with Crippen LogP contribution in [-0.2, 0) is 4.79 Å². The van der Waals surface area contributed by atoms with Crippen LogP contribution >= 0.6 is 0 Å². The molecule has 1 atom stereocenters. The van der Waals surface area contributed by atoms with Crippen molar-refractivity contribution in [2.75, 3.05) is 44.7 Å². The van der Waals surface area contributed by atoms with Gasteiger partial charge in [0.2, 0.25) is 5.91 Å². The number of carbonyl (C=O) groups is 1. The van der Waals surface area contributed by atoms with Crippen molar-refractivity contribution in [3.63, 3.8) is 0 Å². The summed E-state index contributed by atoms with van der Waals surface area (Å²) >= 11 is 0. The molecule has 6 heteroatoms. The number of hydrogen-bond donors (Lipinski definition) is 1. The SMILES string of the molecule is CNCCC1CCN(CC(=O)N2CCCC(c3ccc(F)cc3)c3ccc(F)cc32)CC1. The van der Waals surface area contributed by atoms with Gasteiger partial charge in [0, 0.05) is 12.5 Å². The highest BCUT2D eigenvalue weighted by atomic mass is 19.1. The molecule has 172 valence electrons. The Morgan fingerprint density at radius 1 is 1.00 bits per heavy atom. The smallest absolute Gasteiger partial charge is 0.241 e. The predicted octanol–water partition coefficient (Wildman–Crippen LogP) is 4.55. The average molecular weight is 442 g/mol. The van der Waals surface area contributed by atoms with Crippen LogP contribution in [0.25, 0.3) is 0 Å². The average Bonchev–Trinajstić information content (AvgIpc) is 2.98. The number of fused-ring (bicyclic) bond motifs is 1. The summed E-state index contributed by atoms with van der Waals surface area (Å²) in [5.74, 6) is 0.162. The van der Waals surface area contributed by atoms with E-state index in [9.17, 15) is 13.6 Å². The van der Waals surface area contributed by atoms with E-state index < -0.39 is 0 Å². The van der Waals surface area contributed by atoms with E-state index in [1.54, 1.807) is 23.1 Å². The van der Waals surface area contributed by atoms with Gasteiger partial charge in [-0.1, -0.05) is 18.2 Å². The lowest BCUT2D eigenvalue weighted by molar-refractivity contribution is -0.120. The monoisotopic (exact) mass is 441 g/mol. The molecule has 0 spiro atoms. The summed E-state index contributed by atoms with van der Waals surface area (Å²) in [7, 11) is 1.98. The lowest BCUT2D eigenvalue weighted by Gasteiger charge is -2.33. The number of nitrogens with zero attached hydrogens (tertiary/aromatic N) is 2. The first kappa shape index (κ1) is 22.9. The maximum atomic E-state index is 14.2. The van der Waals surface area contributed by atoms with Crippen LogP contribution in [0.3, 0.4) is 0 Å². The molecule has 2 aliphatic rings. The van der Waals surface area contributed by atoms with Crippen molar-refractivity contribution in [1.29, 1.82) is 0 Å². The molecule has 0 aromatic heterocycles. The molecule has 0 radical (unpaired) electrons. The van der Waals surface area contributed by atoms with Gasteiger partial charge in [0.15, 0.2) is 0 Å². The van der Waals surface area contributed by atoms with Crippen LogP contribution in [0.2, 0.25) is 0 Å². The number of benzene rings is 2. The number of hydrogen-bond acceptors (Lipinski definition) is 3. The summed E-state index contributed by atoms with van der Waals surface area (Å²) in [4.78, 5) is 17.3. The topological polar surface area (TPSA) is 35.6 Å². The molecule has 2 aromatic rings. The van der Waals surface area contributed by atoms with Gasteiger partial charge >= 0.3 is 0 Å². The summed E-state index contributed by atoms with van der Waals surface area (Å²) in [6.07, 6.45) is 5.07. The van der Waals surface area contributed by atoms with Gasteiger partial charge in [0.05, 0.1) is 12.2 Å². The molecule has 1 N–H and O–H groups in total. The molecule has 1 saturated heterocycles. The Bertz CT molecular complexity index is 910. The third kappa shape index (κ3) is 5.36. The normalized spacial score (nSPS) is 20.1. The van der Waals surface area contributed by atoms with Crippen molar-refractivity contribution < 1.29 is 13.6 Å². The van der Waals surface area contributed by atoms with E-state index in [2.05, 4.69) is 10.2 Å². The fraction of sp³-hybridized carbons (Fsp3) is 0.500. The number of amides is 1. The first-order valence-corrected chi connectivity index (χ1v) is 11.8. The Kier molecular flexibility index (Phi) is 7.53. The van der Waals surface area contributed by atoms with Gasteiger partial charge < -0.3 is 10.2 Å². The molecule has 1 amide bonds. The first-order valence-electron chi connectivity index (χ1n) is 11.8. The van der Waals surface area contributed by atoms with Crippen LogP contribution in [0.4, 0.5) is 14.5 Å². The third-order valence-electron chi connectivity index (χ3n) is 6.98. The van der Waals surface area contributed by atoms with Crippen molar-refractivity contribution >= 4 is 11.6 Å². The van der Waals surface area contributed by atoms with Gasteiger partial charge in [0.1, 0.15) is 11.6 Å². The maximum Gasteiger partial charge on any atom is 0.241 e. The first-order chi connectivity index (χ1) is 15.5. The Morgan fingerprint density at radius 2 is 1.72 bits per heavy atom. The zero-order chi connectivity index (χ0) is 22.5. The van der Waals surface area contributed by atoms with Gasteiger partial charge in [0.25, 0.3) is 0 Å². The quantitative estimate of drug-likeness (QED) is 0.715. The van der Waals surface area contributed by atoms with Crippen molar-refractivity contribution in [3.8, 4) is 0 Å². The number of carbonyl (C=O) groups excluding carboxylic acids is 1. The van der Waals surface area contributed by atoms with E-state index >= 15 is 0 Å². The molecule has 0 aliphatic carbocycles. The second kappa shape index (κ2) is 10.5. The predicted molar refractivity (Wildman–Crippen MR) is 124 cm³/mol. The summed E-state index contributed by atoms with van der Waals surface area (Å²) in [6, 6.07) is 11.3. The van der Waals surface area contributed by atoms with E-state index in [0.29, 0.717) is 18.8 Å². The number of likely N-dealkylation sites (tertiary alicyclic amines) is 1. The largest absolute Gasteiger partial charge is 0.320 e. The highest BCUT2D eigenvalue weighted by molar-refractivity contribution is 5.96. The molecule has 2 heterocycles. The van der Waals surface area contributed by atoms with E-state index in [0.717, 1.165) is 62.4 Å². The number of anilines is 1. The minimum absolute atomic E-state index is 0.0203. The van der Waals surface area contributed by atoms with Crippen molar-refractivity contribution in [2.24, 2.45) is 5.92 Å². The number of halogens is 2. The standard InChI is InChI=1S/C26H33F2N3O/c1-29-13-10-19-11-15-30(16-12-19)18-26(32)31-14-2-3-23(20-4-6-21(27)7-5-20)24-9-8-22(28)17-25(24)31/h4-9,17,19,23,29H,2-3,10-16,18H2,1H3. The van der Waals surface area contributed by atoms with Crippen LogP contribution < -0.4 is 10.2 Å². The maximum absolute atomic E-state index is 14.2. The Labute approximate surface area is 189 Å². The van der Waals surface area contributed by atoms with E-state index in [1.165, 1.54) is 30.7 Å². The number of nitrogens with one attached hydrogen (secondary N) is 1. The van der Waals surface area contributed by atoms with E-state index in [4.69, 9.17) is 0 Å². The Balaban J connectivity index is 1.50. The molecule has 1 fully saturated rings. The zero-order valence-electron chi connectivity index (χ0n) is 18.8. The molecule has 32 heavy (non-hydrogen) atoms. The van der Waals surface area contributed by atoms with Crippen LogP contribution in [-0.4, -0.2) is 50.6 Å². The molecular weight excluding hydrogens is 408 g/mol. The van der Waals surface area contributed by atoms with Gasteiger partial charge in [-0.25, -0.2) is 8.78 Å². The number of rotatable bonds is 6. The molecule has 4 nitrogen and oxygen atoms in total. The highest BCUT2D eigenvalue weighted by Crippen LogP contribution is 2.39. The fourth-order valence-corrected chi connectivity index (χ4v) is 5.13. The zero-order valence-corrected chi connectivity index (χ0v) is 18.8. The van der Waals surface area contributed by atoms with Gasteiger partial charge in [-0.3, -0.25) is 9.69 Å². The molecular formula is C26H33F2N3O. The summed E-state index contributed by atoms with van der Waals surface area (Å²) in [6.45, 7) is 3.85. The van der Waals surface area contributed by atoms with Gasteiger partial charge in [-0.05, 0) is 100 Å². The van der Waals surface area contributed by atoms with Crippen molar-refractivity contribution in [3.05, 3.63) is 65.2 Å². The third-order valence-corrected chi connectivity index (χ3v) is 6.98. The second-order valence-corrected chi connectivity index (χ2v) is 9.11. The van der Waals surface area contributed by atoms with Crippen LogP contribution in [0, 0.1) is 17.6 Å². The highest BCUT2D eigenvalue weighted by Gasteiger charge is 2.29. The van der Waals surface area contributed by atoms with Crippen LogP contribution in [0.1, 0.15) is 49.1 Å².